The third-order valence-electron chi connectivity index (χ3n) is 7.21. The van der Waals surface area contributed by atoms with Crippen LogP contribution in [0.3, 0.4) is 0 Å². The second-order valence-electron chi connectivity index (χ2n) is 9.93. The van der Waals surface area contributed by atoms with Crippen LogP contribution in [0.25, 0.3) is 0 Å². The van der Waals surface area contributed by atoms with Crippen molar-refractivity contribution in [1.29, 1.82) is 0 Å². The van der Waals surface area contributed by atoms with Gasteiger partial charge in [0.05, 0.1) is 21.9 Å². The largest absolute Gasteiger partial charge is 0.422 e. The third kappa shape index (κ3) is 5.54. The number of Topliss-reactive ketones (excluding diaryl/α,β-unsaturated/α-hetero) is 1. The smallest absolute Gasteiger partial charge is 0.353 e. The summed E-state index contributed by atoms with van der Waals surface area (Å²) >= 11 is 13.4. The highest BCUT2D eigenvalue weighted by molar-refractivity contribution is 7.12. The van der Waals surface area contributed by atoms with Crippen molar-refractivity contribution in [1.82, 2.24) is 10.0 Å². The molecule has 3 atom stereocenters. The van der Waals surface area contributed by atoms with Gasteiger partial charge in [0.1, 0.15) is 17.2 Å². The van der Waals surface area contributed by atoms with E-state index in [4.69, 9.17) is 27.9 Å². The molecular weight excluding hydrogens is 575 g/mol. The van der Waals surface area contributed by atoms with Gasteiger partial charge in [0.2, 0.25) is 0 Å². The Kier molecular flexibility index (Phi) is 8.07. The molecule has 2 heterocycles. The van der Waals surface area contributed by atoms with Gasteiger partial charge in [-0.1, -0.05) is 36.2 Å². The number of fused-ring (bicyclic) bond motifs is 1. The van der Waals surface area contributed by atoms with Crippen molar-refractivity contribution in [3.63, 3.8) is 0 Å². The van der Waals surface area contributed by atoms with Crippen molar-refractivity contribution < 1.29 is 28.7 Å². The molecule has 2 fully saturated rings. The Balaban J connectivity index is 1.40. The molecule has 0 bridgehead atoms. The molecule has 2 aliphatic rings. The number of ether oxygens (including phenoxy) is 1. The molecule has 1 aliphatic carbocycles. The average Bonchev–Trinajstić information content (AvgIpc) is 3.56. The number of benzene rings is 2. The minimum absolute atomic E-state index is 0.0712. The first-order chi connectivity index (χ1) is 19.1. The molecule has 3 amide bonds. The average molecular weight is 599 g/mol. The van der Waals surface area contributed by atoms with Crippen LogP contribution in [0.4, 0.5) is 0 Å². The molecule has 11 heteroatoms. The number of ketones is 1. The number of carbonyl (C=O) groups is 5. The van der Waals surface area contributed by atoms with Crippen LogP contribution >= 0.6 is 34.5 Å². The van der Waals surface area contributed by atoms with E-state index in [-0.39, 0.29) is 32.8 Å². The highest BCUT2D eigenvalue weighted by Crippen LogP contribution is 2.41. The highest BCUT2D eigenvalue weighted by Gasteiger charge is 2.52. The van der Waals surface area contributed by atoms with Crippen LogP contribution in [0.15, 0.2) is 60.0 Å². The predicted molar refractivity (Wildman–Crippen MR) is 149 cm³/mol. The van der Waals surface area contributed by atoms with E-state index in [0.29, 0.717) is 17.7 Å². The minimum atomic E-state index is -0.734. The van der Waals surface area contributed by atoms with Gasteiger partial charge in [0.15, 0.2) is 5.78 Å². The minimum Gasteiger partial charge on any atom is -0.422 e. The quantitative estimate of drug-likeness (QED) is 0.144. The van der Waals surface area contributed by atoms with Gasteiger partial charge in [-0.2, -0.15) is 5.01 Å². The number of carbonyl (C=O) groups excluding carboxylic acids is 5. The van der Waals surface area contributed by atoms with Crippen LogP contribution in [0.5, 0.6) is 5.75 Å². The number of rotatable bonds is 7. The molecule has 2 aromatic carbocycles. The molecule has 1 saturated heterocycles. The van der Waals surface area contributed by atoms with Crippen molar-refractivity contribution in [2.75, 3.05) is 6.54 Å². The molecular formula is C29H24Cl2N2O6S. The second kappa shape index (κ2) is 11.5. The Morgan fingerprint density at radius 2 is 1.65 bits per heavy atom. The summed E-state index contributed by atoms with van der Waals surface area (Å²) in [5.41, 5.74) is 0.273. The van der Waals surface area contributed by atoms with Gasteiger partial charge < -0.3 is 4.74 Å². The lowest BCUT2D eigenvalue weighted by Gasteiger charge is -2.30. The van der Waals surface area contributed by atoms with Crippen LogP contribution in [-0.4, -0.2) is 46.0 Å². The van der Waals surface area contributed by atoms with Gasteiger partial charge in [-0.25, -0.2) is 9.80 Å². The summed E-state index contributed by atoms with van der Waals surface area (Å²) in [6.07, 6.45) is 1.89. The highest BCUT2D eigenvalue weighted by atomic mass is 35.5. The zero-order valence-corrected chi connectivity index (χ0v) is 23.7. The van der Waals surface area contributed by atoms with Crippen LogP contribution in [0.2, 0.25) is 10.0 Å². The SMILES string of the molecule is C[C@@H]1CC[C@H]2C(=O)N(N(CC(=O)c3ccc(OC(=O)c4cccs4)cc3)C(=O)c3ccc(Cl)c(Cl)c3)C(=O)[C@@H]2C1. The fraction of sp³-hybridized carbons (Fsp3) is 0.276. The second-order valence-corrected chi connectivity index (χ2v) is 11.7. The fourth-order valence-electron chi connectivity index (χ4n) is 5.11. The zero-order valence-electron chi connectivity index (χ0n) is 21.3. The van der Waals surface area contributed by atoms with E-state index in [1.807, 2.05) is 6.92 Å². The third-order valence-corrected chi connectivity index (χ3v) is 8.80. The first-order valence-corrected chi connectivity index (χ1v) is 14.3. The number of amides is 3. The molecule has 0 radical (unpaired) electrons. The summed E-state index contributed by atoms with van der Waals surface area (Å²) in [6.45, 7) is 1.46. The Hall–Kier alpha value is -3.53. The molecule has 1 aromatic heterocycles. The predicted octanol–water partition coefficient (Wildman–Crippen LogP) is 5.94. The number of hydrogen-bond acceptors (Lipinski definition) is 7. The van der Waals surface area contributed by atoms with Crippen LogP contribution in [-0.2, 0) is 9.59 Å². The topological polar surface area (TPSA) is 101 Å². The number of hydrazine groups is 1. The maximum atomic E-state index is 13.7. The monoisotopic (exact) mass is 598 g/mol. The number of hydrogen-bond donors (Lipinski definition) is 0. The Bertz CT molecular complexity index is 1490. The number of thiophene rings is 1. The van der Waals surface area contributed by atoms with Crippen molar-refractivity contribution in [2.24, 2.45) is 17.8 Å². The first kappa shape index (κ1) is 28.0. The molecule has 8 nitrogen and oxygen atoms in total. The molecule has 206 valence electrons. The Morgan fingerprint density at radius 1 is 0.950 bits per heavy atom. The summed E-state index contributed by atoms with van der Waals surface area (Å²) in [4.78, 5) is 66.6. The number of imide groups is 1. The molecule has 0 unspecified atom stereocenters. The normalized spacial score (nSPS) is 20.3. The Labute approximate surface area is 244 Å². The lowest BCUT2D eigenvalue weighted by Crippen LogP contribution is -2.52. The maximum absolute atomic E-state index is 13.7. The summed E-state index contributed by atoms with van der Waals surface area (Å²) < 4.78 is 5.34. The van der Waals surface area contributed by atoms with Crippen LogP contribution in [0, 0.1) is 17.8 Å². The van der Waals surface area contributed by atoms with E-state index in [9.17, 15) is 24.0 Å². The van der Waals surface area contributed by atoms with E-state index in [1.54, 1.807) is 17.5 Å². The van der Waals surface area contributed by atoms with Crippen molar-refractivity contribution in [3.05, 3.63) is 86.0 Å². The standard InChI is InChI=1S/C29H24Cl2N2O6S/c1-16-4-10-20-21(13-16)28(37)33(27(20)36)32(26(35)18-7-11-22(30)23(31)14-18)15-24(34)17-5-8-19(9-6-17)39-29(38)25-3-2-12-40-25/h2-3,5-9,11-12,14,16,20-21H,4,10,13,15H2,1H3/t16-,20-,21-/m1/s1. The Morgan fingerprint density at radius 3 is 2.33 bits per heavy atom. The number of nitrogens with zero attached hydrogens (tertiary/aromatic N) is 2. The van der Waals surface area contributed by atoms with E-state index < -0.39 is 47.9 Å². The summed E-state index contributed by atoms with van der Waals surface area (Å²) in [5, 5.41) is 3.85. The molecule has 1 saturated carbocycles. The van der Waals surface area contributed by atoms with E-state index in [1.165, 1.54) is 53.8 Å². The molecule has 0 N–H and O–H groups in total. The molecule has 5 rings (SSSR count). The van der Waals surface area contributed by atoms with Gasteiger partial charge in [-0.15, -0.1) is 11.3 Å². The fourth-order valence-corrected chi connectivity index (χ4v) is 6.01. The van der Waals surface area contributed by atoms with Gasteiger partial charge in [0, 0.05) is 11.1 Å². The van der Waals surface area contributed by atoms with Gasteiger partial charge >= 0.3 is 5.97 Å². The van der Waals surface area contributed by atoms with Gasteiger partial charge in [0.25, 0.3) is 17.7 Å². The molecule has 40 heavy (non-hydrogen) atoms. The van der Waals surface area contributed by atoms with E-state index >= 15 is 0 Å². The molecule has 1 aliphatic heterocycles. The number of esters is 1. The van der Waals surface area contributed by atoms with Crippen LogP contribution < -0.4 is 4.74 Å². The summed E-state index contributed by atoms with van der Waals surface area (Å²) in [6, 6.07) is 13.4. The number of halogens is 2. The summed E-state index contributed by atoms with van der Waals surface area (Å²) in [7, 11) is 0. The van der Waals surface area contributed by atoms with Crippen molar-refractivity contribution in [3.8, 4) is 5.75 Å². The maximum Gasteiger partial charge on any atom is 0.353 e. The van der Waals surface area contributed by atoms with E-state index in [0.717, 1.165) is 16.4 Å². The van der Waals surface area contributed by atoms with Crippen molar-refractivity contribution in [2.45, 2.75) is 26.2 Å². The van der Waals surface area contributed by atoms with Gasteiger partial charge in [-0.3, -0.25) is 19.2 Å². The lowest BCUT2D eigenvalue weighted by atomic mass is 9.76. The summed E-state index contributed by atoms with van der Waals surface area (Å²) in [5.74, 6) is -3.30. The van der Waals surface area contributed by atoms with E-state index in [2.05, 4.69) is 0 Å². The molecule has 3 aromatic rings. The lowest BCUT2D eigenvalue weighted by molar-refractivity contribution is -0.154. The molecule has 0 spiro atoms. The van der Waals surface area contributed by atoms with Crippen LogP contribution in [0.1, 0.15) is 56.6 Å². The first-order valence-electron chi connectivity index (χ1n) is 12.7. The zero-order chi connectivity index (χ0) is 28.6. The van der Waals surface area contributed by atoms with Crippen molar-refractivity contribution >= 4 is 64.0 Å². The van der Waals surface area contributed by atoms with Gasteiger partial charge in [-0.05, 0) is 79.1 Å².